The number of halogens is 1. The summed E-state index contributed by atoms with van der Waals surface area (Å²) < 4.78 is 10.6. The van der Waals surface area contributed by atoms with Gasteiger partial charge in [-0.25, -0.2) is 0 Å². The highest BCUT2D eigenvalue weighted by Crippen LogP contribution is 2.28. The molecule has 2 aromatic carbocycles. The highest BCUT2D eigenvalue weighted by Gasteiger charge is 2.28. The van der Waals surface area contributed by atoms with E-state index in [0.717, 1.165) is 11.1 Å². The zero-order valence-electron chi connectivity index (χ0n) is 19.7. The van der Waals surface area contributed by atoms with Crippen LogP contribution in [0.4, 0.5) is 0 Å². The molecule has 0 bridgehead atoms. The number of amides is 2. The first-order valence-electron chi connectivity index (χ1n) is 10.6. The normalized spacial score (nSPS) is 12.1. The molecule has 0 spiro atoms. The van der Waals surface area contributed by atoms with Crippen LogP contribution in [-0.2, 0) is 22.6 Å². The van der Waals surface area contributed by atoms with E-state index in [1.807, 2.05) is 51.1 Å². The molecule has 174 valence electrons. The number of rotatable bonds is 9. The summed E-state index contributed by atoms with van der Waals surface area (Å²) in [6, 6.07) is 12.3. The first-order valence-corrected chi connectivity index (χ1v) is 11.0. The van der Waals surface area contributed by atoms with Crippen LogP contribution in [0.5, 0.6) is 11.5 Å². The summed E-state index contributed by atoms with van der Waals surface area (Å²) >= 11 is 6.00. The molecule has 0 fully saturated rings. The fraction of sp³-hybridized carbons (Fsp3) is 0.440. The fourth-order valence-corrected chi connectivity index (χ4v) is 3.40. The molecule has 0 radical (unpaired) electrons. The molecule has 0 aliphatic carbocycles. The number of methoxy groups -OCH3 is 2. The molecule has 2 amide bonds. The second-order valence-corrected chi connectivity index (χ2v) is 9.19. The number of ether oxygens (including phenoxy) is 2. The van der Waals surface area contributed by atoms with Gasteiger partial charge in [-0.05, 0) is 69.5 Å². The summed E-state index contributed by atoms with van der Waals surface area (Å²) in [5.74, 6) is 0.963. The van der Waals surface area contributed by atoms with Gasteiger partial charge in [0.05, 0.1) is 14.2 Å². The van der Waals surface area contributed by atoms with Crippen LogP contribution in [0.25, 0.3) is 0 Å². The van der Waals surface area contributed by atoms with E-state index in [9.17, 15) is 9.59 Å². The predicted molar refractivity (Wildman–Crippen MR) is 127 cm³/mol. The van der Waals surface area contributed by atoms with Crippen LogP contribution in [-0.4, -0.2) is 42.5 Å². The van der Waals surface area contributed by atoms with E-state index in [4.69, 9.17) is 21.1 Å². The van der Waals surface area contributed by atoms with E-state index in [0.29, 0.717) is 29.5 Å². The largest absolute Gasteiger partial charge is 0.493 e. The van der Waals surface area contributed by atoms with Gasteiger partial charge >= 0.3 is 0 Å². The van der Waals surface area contributed by atoms with Crippen LogP contribution in [0.3, 0.4) is 0 Å². The standard InChI is InChI=1S/C25H33ClN2O4/c1-17(24(30)27-25(2,3)4)28(16-19-7-11-20(26)12-8-19)23(29)14-10-18-9-13-21(31-5)22(15-18)32-6/h7-9,11-13,15,17H,10,14,16H2,1-6H3,(H,27,30). The lowest BCUT2D eigenvalue weighted by molar-refractivity contribution is -0.141. The van der Waals surface area contributed by atoms with Crippen molar-refractivity contribution in [2.75, 3.05) is 14.2 Å². The van der Waals surface area contributed by atoms with Gasteiger partial charge in [-0.1, -0.05) is 29.8 Å². The molecule has 1 atom stereocenters. The molecule has 0 saturated heterocycles. The monoisotopic (exact) mass is 460 g/mol. The predicted octanol–water partition coefficient (Wildman–Crippen LogP) is 4.62. The van der Waals surface area contributed by atoms with E-state index in [1.165, 1.54) is 0 Å². The van der Waals surface area contributed by atoms with Gasteiger partial charge in [0.1, 0.15) is 6.04 Å². The molecular formula is C25H33ClN2O4. The summed E-state index contributed by atoms with van der Waals surface area (Å²) in [7, 11) is 3.16. The maximum Gasteiger partial charge on any atom is 0.242 e. The third kappa shape index (κ3) is 7.45. The highest BCUT2D eigenvalue weighted by molar-refractivity contribution is 6.30. The van der Waals surface area contributed by atoms with Gasteiger partial charge in [-0.2, -0.15) is 0 Å². The lowest BCUT2D eigenvalue weighted by Crippen LogP contribution is -2.52. The quantitative estimate of drug-likeness (QED) is 0.592. The van der Waals surface area contributed by atoms with Crippen LogP contribution in [0.1, 0.15) is 45.2 Å². The molecule has 6 nitrogen and oxygen atoms in total. The Bertz CT molecular complexity index is 923. The zero-order valence-corrected chi connectivity index (χ0v) is 20.5. The van der Waals surface area contributed by atoms with Crippen LogP contribution < -0.4 is 14.8 Å². The van der Waals surface area contributed by atoms with Crippen molar-refractivity contribution in [1.82, 2.24) is 10.2 Å². The number of hydrogen-bond acceptors (Lipinski definition) is 4. The lowest BCUT2D eigenvalue weighted by Gasteiger charge is -2.31. The first kappa shape index (κ1) is 25.5. The van der Waals surface area contributed by atoms with Gasteiger partial charge in [0.25, 0.3) is 0 Å². The molecule has 0 heterocycles. The van der Waals surface area contributed by atoms with Gasteiger partial charge in [0.2, 0.25) is 11.8 Å². The van der Waals surface area contributed by atoms with E-state index >= 15 is 0 Å². The Morgan fingerprint density at radius 2 is 1.59 bits per heavy atom. The number of hydrogen-bond donors (Lipinski definition) is 1. The number of carbonyl (C=O) groups excluding carboxylic acids is 2. The van der Waals surface area contributed by atoms with Gasteiger partial charge < -0.3 is 19.7 Å². The molecule has 2 aromatic rings. The molecule has 0 saturated carbocycles. The Balaban J connectivity index is 2.18. The molecule has 1 unspecified atom stereocenters. The SMILES string of the molecule is COc1ccc(CCC(=O)N(Cc2ccc(Cl)cc2)C(C)C(=O)NC(C)(C)C)cc1OC. The number of carbonyl (C=O) groups is 2. The molecule has 2 rings (SSSR count). The summed E-state index contributed by atoms with van der Waals surface area (Å²) in [5.41, 5.74) is 1.47. The Morgan fingerprint density at radius 1 is 1.00 bits per heavy atom. The van der Waals surface area contributed by atoms with Crippen LogP contribution >= 0.6 is 11.6 Å². The Kier molecular flexibility index (Phi) is 8.96. The number of nitrogens with one attached hydrogen (secondary N) is 1. The molecule has 7 heteroatoms. The molecule has 32 heavy (non-hydrogen) atoms. The zero-order chi connectivity index (χ0) is 23.9. The van der Waals surface area contributed by atoms with E-state index in [1.54, 1.807) is 38.2 Å². The van der Waals surface area contributed by atoms with Crippen molar-refractivity contribution in [3.05, 3.63) is 58.6 Å². The van der Waals surface area contributed by atoms with Gasteiger partial charge in [-0.15, -0.1) is 0 Å². The van der Waals surface area contributed by atoms with Crippen molar-refractivity contribution in [2.24, 2.45) is 0 Å². The maximum absolute atomic E-state index is 13.2. The minimum atomic E-state index is -0.622. The lowest BCUT2D eigenvalue weighted by atomic mass is 10.1. The second kappa shape index (κ2) is 11.2. The molecule has 0 aromatic heterocycles. The van der Waals surface area contributed by atoms with Crippen LogP contribution in [0, 0.1) is 0 Å². The van der Waals surface area contributed by atoms with Gasteiger partial charge in [0.15, 0.2) is 11.5 Å². The summed E-state index contributed by atoms with van der Waals surface area (Å²) in [6.07, 6.45) is 0.778. The Labute approximate surface area is 195 Å². The van der Waals surface area contributed by atoms with E-state index < -0.39 is 6.04 Å². The first-order chi connectivity index (χ1) is 15.0. The molecule has 0 aliphatic heterocycles. The van der Waals surface area contributed by atoms with Crippen molar-refractivity contribution >= 4 is 23.4 Å². The van der Waals surface area contributed by atoms with Crippen LogP contribution in [0.2, 0.25) is 5.02 Å². The van der Waals surface area contributed by atoms with Crippen molar-refractivity contribution in [1.29, 1.82) is 0 Å². The molecule has 0 aliphatic rings. The third-order valence-corrected chi connectivity index (χ3v) is 5.26. The van der Waals surface area contributed by atoms with Crippen molar-refractivity contribution in [2.45, 2.75) is 58.7 Å². The highest BCUT2D eigenvalue weighted by atomic mass is 35.5. The smallest absolute Gasteiger partial charge is 0.242 e. The average molecular weight is 461 g/mol. The summed E-state index contributed by atoms with van der Waals surface area (Å²) in [5, 5.41) is 3.59. The topological polar surface area (TPSA) is 67.9 Å². The number of aryl methyl sites for hydroxylation is 1. The van der Waals surface area contributed by atoms with E-state index in [-0.39, 0.29) is 23.8 Å². The van der Waals surface area contributed by atoms with Crippen molar-refractivity contribution < 1.29 is 19.1 Å². The molecule has 1 N–H and O–H groups in total. The molecular weight excluding hydrogens is 428 g/mol. The van der Waals surface area contributed by atoms with Crippen molar-refractivity contribution in [3.8, 4) is 11.5 Å². The minimum absolute atomic E-state index is 0.105. The number of benzene rings is 2. The van der Waals surface area contributed by atoms with E-state index in [2.05, 4.69) is 5.32 Å². The summed E-state index contributed by atoms with van der Waals surface area (Å²) in [6.45, 7) is 7.83. The van der Waals surface area contributed by atoms with Gasteiger partial charge in [0, 0.05) is 23.5 Å². The van der Waals surface area contributed by atoms with Crippen molar-refractivity contribution in [3.63, 3.8) is 0 Å². The fourth-order valence-electron chi connectivity index (χ4n) is 3.27. The Morgan fingerprint density at radius 3 is 2.16 bits per heavy atom. The van der Waals surface area contributed by atoms with Gasteiger partial charge in [-0.3, -0.25) is 9.59 Å². The minimum Gasteiger partial charge on any atom is -0.493 e. The third-order valence-electron chi connectivity index (χ3n) is 5.01. The average Bonchev–Trinajstić information content (AvgIpc) is 2.75. The second-order valence-electron chi connectivity index (χ2n) is 8.75. The summed E-state index contributed by atoms with van der Waals surface area (Å²) in [4.78, 5) is 27.7. The maximum atomic E-state index is 13.2. The van der Waals surface area contributed by atoms with Crippen LogP contribution in [0.15, 0.2) is 42.5 Å². The number of nitrogens with zero attached hydrogens (tertiary/aromatic N) is 1. The Hall–Kier alpha value is -2.73.